The van der Waals surface area contributed by atoms with Gasteiger partial charge in [-0.05, 0) is 30.9 Å². The Morgan fingerprint density at radius 2 is 1.94 bits per heavy atom. The first kappa shape index (κ1) is 23.2. The molecule has 0 saturated heterocycles. The summed E-state index contributed by atoms with van der Waals surface area (Å²) in [5.41, 5.74) is 2.59. The molecule has 0 bridgehead atoms. The van der Waals surface area contributed by atoms with Crippen molar-refractivity contribution in [3.63, 3.8) is 0 Å². The van der Waals surface area contributed by atoms with Gasteiger partial charge in [0.1, 0.15) is 11.8 Å². The Morgan fingerprint density at radius 3 is 2.72 bits per heavy atom. The van der Waals surface area contributed by atoms with E-state index < -0.39 is 6.04 Å². The number of nitrogens with one attached hydrogen (secondary N) is 4. The average molecular weight is 438 g/mol. The summed E-state index contributed by atoms with van der Waals surface area (Å²) in [7, 11) is 0. The summed E-state index contributed by atoms with van der Waals surface area (Å²) < 4.78 is 0. The summed E-state index contributed by atoms with van der Waals surface area (Å²) >= 11 is 0. The number of Topliss-reactive ketones (excluding diaryl/α,β-unsaturated/α-hetero) is 1. The number of hydrogen-bond donors (Lipinski definition) is 4. The van der Waals surface area contributed by atoms with Crippen LogP contribution in [0.3, 0.4) is 0 Å². The van der Waals surface area contributed by atoms with Crippen LogP contribution in [0.4, 0.5) is 0 Å². The van der Waals surface area contributed by atoms with Gasteiger partial charge in [0.15, 0.2) is 0 Å². The number of carbonyl (C=O) groups excluding carboxylic acids is 3. The zero-order valence-corrected chi connectivity index (χ0v) is 18.4. The number of H-pyrrole nitrogens is 2. The van der Waals surface area contributed by atoms with Crippen LogP contribution in [0.1, 0.15) is 61.4 Å². The molecule has 0 fully saturated rings. The Balaban J connectivity index is 1.52. The first-order valence-corrected chi connectivity index (χ1v) is 11.2. The smallest absolute Gasteiger partial charge is 0.255 e. The van der Waals surface area contributed by atoms with Gasteiger partial charge in [0.25, 0.3) is 5.91 Å². The van der Waals surface area contributed by atoms with Gasteiger partial charge in [0, 0.05) is 42.7 Å². The molecule has 0 unspecified atom stereocenters. The lowest BCUT2D eigenvalue weighted by atomic mass is 10.0. The van der Waals surface area contributed by atoms with Gasteiger partial charge in [-0.15, -0.1) is 0 Å². The van der Waals surface area contributed by atoms with Crippen molar-refractivity contribution in [1.82, 2.24) is 25.8 Å². The van der Waals surface area contributed by atoms with Crippen molar-refractivity contribution >= 4 is 28.5 Å². The number of hydrogen-bond acceptors (Lipinski definition) is 4. The van der Waals surface area contributed by atoms with Gasteiger partial charge in [-0.3, -0.25) is 19.5 Å². The van der Waals surface area contributed by atoms with E-state index in [1.807, 2.05) is 31.3 Å². The third kappa shape index (κ3) is 6.54. The number of carbonyl (C=O) groups is 3. The first-order chi connectivity index (χ1) is 15.6. The largest absolute Gasteiger partial charge is 0.361 e. The van der Waals surface area contributed by atoms with Crippen molar-refractivity contribution < 1.29 is 14.4 Å². The Hall–Kier alpha value is -3.42. The highest BCUT2D eigenvalue weighted by Gasteiger charge is 2.21. The molecule has 0 aliphatic carbocycles. The number of aromatic nitrogens is 3. The molecule has 1 atom stereocenters. The normalized spacial score (nSPS) is 11.9. The summed E-state index contributed by atoms with van der Waals surface area (Å²) in [5.74, 6) is -0.284. The SMILES string of the molecule is CCC(=O)CCCCC[C@H](NC(=O)c1cn[nH]c1)C(=O)NCCc1c[nH]c2ccccc12. The maximum Gasteiger partial charge on any atom is 0.255 e. The van der Waals surface area contributed by atoms with E-state index in [0.29, 0.717) is 37.8 Å². The number of aromatic amines is 2. The second kappa shape index (κ2) is 11.8. The standard InChI is InChI=1S/C24H31N5O3/c1-2-19(30)8-4-3-5-11-22(29-23(31)18-15-27-28-16-18)24(32)25-13-12-17-14-26-21-10-7-6-9-20(17)21/h6-7,9-10,14-16,22,26H,2-5,8,11-13H2,1H3,(H,25,32)(H,27,28)(H,29,31)/t22-/m0/s1. The molecule has 0 radical (unpaired) electrons. The Labute approximate surface area is 187 Å². The molecule has 1 aromatic carbocycles. The van der Waals surface area contributed by atoms with Gasteiger partial charge in [0.2, 0.25) is 5.91 Å². The maximum absolute atomic E-state index is 12.8. The predicted molar refractivity (Wildman–Crippen MR) is 123 cm³/mol. The zero-order chi connectivity index (χ0) is 22.8. The van der Waals surface area contributed by atoms with Gasteiger partial charge < -0.3 is 15.6 Å². The predicted octanol–water partition coefficient (Wildman–Crippen LogP) is 3.28. The van der Waals surface area contributed by atoms with Gasteiger partial charge in [0.05, 0.1) is 11.8 Å². The van der Waals surface area contributed by atoms with Crippen LogP contribution in [0.2, 0.25) is 0 Å². The number of fused-ring (bicyclic) bond motifs is 1. The number of amides is 2. The molecule has 0 spiro atoms. The number of rotatable bonds is 13. The molecule has 3 rings (SSSR count). The lowest BCUT2D eigenvalue weighted by molar-refractivity contribution is -0.123. The third-order valence-electron chi connectivity index (χ3n) is 5.59. The Kier molecular flexibility index (Phi) is 8.60. The average Bonchev–Trinajstić information content (AvgIpc) is 3.48. The highest BCUT2D eigenvalue weighted by atomic mass is 16.2. The summed E-state index contributed by atoms with van der Waals surface area (Å²) in [6.45, 7) is 2.34. The fraction of sp³-hybridized carbons (Fsp3) is 0.417. The highest BCUT2D eigenvalue weighted by Crippen LogP contribution is 2.17. The van der Waals surface area contributed by atoms with Crippen LogP contribution < -0.4 is 10.6 Å². The molecule has 8 heteroatoms. The lowest BCUT2D eigenvalue weighted by Gasteiger charge is -2.18. The second-order valence-corrected chi connectivity index (χ2v) is 7.91. The molecule has 0 aliphatic heterocycles. The van der Waals surface area contributed by atoms with E-state index in [0.717, 1.165) is 35.7 Å². The number of unbranched alkanes of at least 4 members (excludes halogenated alkanes) is 2. The van der Waals surface area contributed by atoms with Crippen molar-refractivity contribution in [2.24, 2.45) is 0 Å². The van der Waals surface area contributed by atoms with Crippen molar-refractivity contribution in [1.29, 1.82) is 0 Å². The molecular weight excluding hydrogens is 406 g/mol. The molecule has 0 aliphatic rings. The fourth-order valence-corrected chi connectivity index (χ4v) is 3.69. The topological polar surface area (TPSA) is 120 Å². The van der Waals surface area contributed by atoms with Gasteiger partial charge in [-0.25, -0.2) is 0 Å². The van der Waals surface area contributed by atoms with Gasteiger partial charge >= 0.3 is 0 Å². The molecule has 2 amide bonds. The molecule has 170 valence electrons. The van der Waals surface area contributed by atoms with E-state index in [9.17, 15) is 14.4 Å². The van der Waals surface area contributed by atoms with Crippen LogP contribution in [-0.4, -0.2) is 45.4 Å². The van der Waals surface area contributed by atoms with Crippen molar-refractivity contribution in [3.8, 4) is 0 Å². The minimum atomic E-state index is -0.637. The van der Waals surface area contributed by atoms with Crippen LogP contribution >= 0.6 is 0 Å². The maximum atomic E-state index is 12.8. The van der Waals surface area contributed by atoms with Crippen molar-refractivity contribution in [3.05, 3.63) is 54.0 Å². The number of nitrogens with zero attached hydrogens (tertiary/aromatic N) is 1. The number of ketones is 1. The number of benzene rings is 1. The summed E-state index contributed by atoms with van der Waals surface area (Å²) in [4.78, 5) is 40.0. The van der Waals surface area contributed by atoms with E-state index in [4.69, 9.17) is 0 Å². The molecule has 2 heterocycles. The van der Waals surface area contributed by atoms with Crippen LogP contribution in [0.25, 0.3) is 10.9 Å². The lowest BCUT2D eigenvalue weighted by Crippen LogP contribution is -2.47. The summed E-state index contributed by atoms with van der Waals surface area (Å²) in [6, 6.07) is 7.42. The van der Waals surface area contributed by atoms with Crippen LogP contribution in [0.15, 0.2) is 42.9 Å². The van der Waals surface area contributed by atoms with Crippen molar-refractivity contribution in [2.45, 2.75) is 57.9 Å². The minimum absolute atomic E-state index is 0.202. The molecular formula is C24H31N5O3. The van der Waals surface area contributed by atoms with Gasteiger partial charge in [-0.1, -0.05) is 38.0 Å². The third-order valence-corrected chi connectivity index (χ3v) is 5.59. The van der Waals surface area contributed by atoms with Crippen molar-refractivity contribution in [2.75, 3.05) is 6.54 Å². The molecule has 2 aromatic heterocycles. The van der Waals surface area contributed by atoms with Crippen LogP contribution in [0.5, 0.6) is 0 Å². The fourth-order valence-electron chi connectivity index (χ4n) is 3.69. The van der Waals surface area contributed by atoms with Crippen LogP contribution in [0, 0.1) is 0 Å². The zero-order valence-electron chi connectivity index (χ0n) is 18.4. The van der Waals surface area contributed by atoms with Gasteiger partial charge in [-0.2, -0.15) is 5.10 Å². The summed E-state index contributed by atoms with van der Waals surface area (Å²) in [6.07, 6.45) is 9.62. The molecule has 3 aromatic rings. The molecule has 4 N–H and O–H groups in total. The molecule has 0 saturated carbocycles. The minimum Gasteiger partial charge on any atom is -0.361 e. The Bertz CT molecular complexity index is 1030. The molecule has 32 heavy (non-hydrogen) atoms. The molecule has 8 nitrogen and oxygen atoms in total. The number of para-hydroxylation sites is 1. The van der Waals surface area contributed by atoms with E-state index in [2.05, 4.69) is 31.9 Å². The van der Waals surface area contributed by atoms with Crippen LogP contribution in [-0.2, 0) is 16.0 Å². The summed E-state index contributed by atoms with van der Waals surface area (Å²) in [5, 5.41) is 13.3. The van der Waals surface area contributed by atoms with E-state index in [1.54, 1.807) is 0 Å². The monoisotopic (exact) mass is 437 g/mol. The van der Waals surface area contributed by atoms with E-state index >= 15 is 0 Å². The highest BCUT2D eigenvalue weighted by molar-refractivity contribution is 5.97. The Morgan fingerprint density at radius 1 is 1.09 bits per heavy atom. The second-order valence-electron chi connectivity index (χ2n) is 7.91. The van der Waals surface area contributed by atoms with E-state index in [-0.39, 0.29) is 17.6 Å². The van der Waals surface area contributed by atoms with E-state index in [1.165, 1.54) is 12.4 Å². The first-order valence-electron chi connectivity index (χ1n) is 11.2. The quantitative estimate of drug-likeness (QED) is 0.307.